The molecule has 0 saturated carbocycles. The maximum atomic E-state index is 12.1. The number of unbranched alkanes of at least 4 members (excludes halogenated alkanes) is 1. The number of hydrogen-bond donors (Lipinski definition) is 2. The summed E-state index contributed by atoms with van der Waals surface area (Å²) in [6.07, 6.45) is 0.549. The zero-order valence-corrected chi connectivity index (χ0v) is 21.7. The molecule has 0 aliphatic rings. The largest absolute Gasteiger partial charge is 0.444 e. The van der Waals surface area contributed by atoms with E-state index in [0.29, 0.717) is 25.7 Å². The van der Waals surface area contributed by atoms with E-state index in [-0.39, 0.29) is 11.5 Å². The Labute approximate surface area is 202 Å². The summed E-state index contributed by atoms with van der Waals surface area (Å²) >= 11 is 0. The van der Waals surface area contributed by atoms with Crippen LogP contribution in [0.15, 0.2) is 24.7 Å². The van der Waals surface area contributed by atoms with E-state index in [0.717, 1.165) is 0 Å². The molecule has 0 unspecified atom stereocenters. The van der Waals surface area contributed by atoms with Crippen LogP contribution in [0, 0.1) is 0 Å². The predicted molar refractivity (Wildman–Crippen MR) is 127 cm³/mol. The van der Waals surface area contributed by atoms with Gasteiger partial charge in [-0.05, 0) is 68.2 Å². The van der Waals surface area contributed by atoms with Crippen molar-refractivity contribution < 1.29 is 38.1 Å². The van der Waals surface area contributed by atoms with Crippen LogP contribution in [0.3, 0.4) is 0 Å². The minimum absolute atomic E-state index is 0.251. The van der Waals surface area contributed by atoms with E-state index in [9.17, 15) is 19.2 Å². The lowest BCUT2D eigenvalue weighted by Gasteiger charge is -2.21. The molecule has 0 aromatic carbocycles. The lowest BCUT2D eigenvalue weighted by atomic mass is 10.1. The van der Waals surface area contributed by atoms with Gasteiger partial charge < -0.3 is 29.6 Å². The molecular weight excluding hydrogens is 444 g/mol. The summed E-state index contributed by atoms with van der Waals surface area (Å²) in [5, 5.41) is 4.81. The Morgan fingerprint density at radius 1 is 0.676 bits per heavy atom. The van der Waals surface area contributed by atoms with Gasteiger partial charge in [0.25, 0.3) is 0 Å². The summed E-state index contributed by atoms with van der Waals surface area (Å²) in [4.78, 5) is 47.6. The first kappa shape index (κ1) is 31.0. The molecule has 194 valence electrons. The number of hydrogen-bond acceptors (Lipinski definition) is 8. The van der Waals surface area contributed by atoms with Crippen LogP contribution in [-0.2, 0) is 28.5 Å². The van der Waals surface area contributed by atoms with E-state index in [4.69, 9.17) is 18.9 Å². The molecule has 10 nitrogen and oxygen atoms in total. The lowest BCUT2D eigenvalue weighted by molar-refractivity contribution is -0.142. The fourth-order valence-electron chi connectivity index (χ4n) is 2.29. The number of ether oxygens (including phenoxy) is 4. The Kier molecular flexibility index (Phi) is 12.4. The van der Waals surface area contributed by atoms with Crippen LogP contribution in [-0.4, -0.2) is 47.4 Å². The van der Waals surface area contributed by atoms with Crippen molar-refractivity contribution in [3.05, 3.63) is 24.7 Å². The second kappa shape index (κ2) is 13.6. The van der Waals surface area contributed by atoms with E-state index in [1.54, 1.807) is 41.5 Å². The highest BCUT2D eigenvalue weighted by Gasteiger charge is 2.23. The van der Waals surface area contributed by atoms with Crippen molar-refractivity contribution in [1.82, 2.24) is 10.6 Å². The quantitative estimate of drug-likeness (QED) is 0.190. The first-order valence-electron chi connectivity index (χ1n) is 11.2. The molecule has 0 heterocycles. The van der Waals surface area contributed by atoms with Gasteiger partial charge in [-0.1, -0.05) is 13.2 Å². The summed E-state index contributed by atoms with van der Waals surface area (Å²) in [6, 6.07) is -1.80. The van der Waals surface area contributed by atoms with Crippen LogP contribution in [0.2, 0.25) is 0 Å². The van der Waals surface area contributed by atoms with Crippen LogP contribution in [0.4, 0.5) is 9.59 Å². The normalized spacial score (nSPS) is 13.1. The van der Waals surface area contributed by atoms with Crippen LogP contribution in [0.1, 0.15) is 81.1 Å². The molecule has 0 aromatic heterocycles. The summed E-state index contributed by atoms with van der Waals surface area (Å²) in [6.45, 7) is 20.7. The summed E-state index contributed by atoms with van der Waals surface area (Å²) in [5.74, 6) is -0.803. The Bertz CT molecular complexity index is 698. The Morgan fingerprint density at radius 2 is 0.971 bits per heavy atom. The average molecular weight is 485 g/mol. The summed E-state index contributed by atoms with van der Waals surface area (Å²) in [7, 11) is 0. The Balaban J connectivity index is 4.20. The molecule has 34 heavy (non-hydrogen) atoms. The number of nitrogens with one attached hydrogen (secondary N) is 2. The number of alkyl carbamates (subject to hydrolysis) is 2. The zero-order valence-electron chi connectivity index (χ0n) is 21.7. The molecule has 0 aliphatic carbocycles. The second-order valence-corrected chi connectivity index (χ2v) is 9.86. The van der Waals surface area contributed by atoms with Crippen LogP contribution >= 0.6 is 0 Å². The third-order valence-electron chi connectivity index (χ3n) is 3.82. The fourth-order valence-corrected chi connectivity index (χ4v) is 2.29. The third kappa shape index (κ3) is 15.7. The topological polar surface area (TPSA) is 129 Å². The molecule has 0 aliphatic heterocycles. The maximum absolute atomic E-state index is 12.1. The molecule has 2 N–H and O–H groups in total. The second-order valence-electron chi connectivity index (χ2n) is 9.86. The monoisotopic (exact) mass is 484 g/mol. The third-order valence-corrected chi connectivity index (χ3v) is 3.82. The predicted octanol–water partition coefficient (Wildman–Crippen LogP) is 4.49. The zero-order chi connectivity index (χ0) is 26.7. The van der Waals surface area contributed by atoms with Crippen molar-refractivity contribution in [2.45, 2.75) is 104 Å². The van der Waals surface area contributed by atoms with Gasteiger partial charge in [0.15, 0.2) is 0 Å². The molecule has 0 fully saturated rings. The molecule has 0 rings (SSSR count). The van der Waals surface area contributed by atoms with Crippen LogP contribution in [0.25, 0.3) is 0 Å². The van der Waals surface area contributed by atoms with Crippen molar-refractivity contribution in [3.8, 4) is 0 Å². The number of rotatable bonds is 11. The number of carbonyl (C=O) groups excluding carboxylic acids is 4. The standard InChI is InChI=1S/C24H40N2O8/c1-15(31-19(27)17(3)25-21(29)33-23(5,6)7)13-11-12-14-16(2)32-20(28)18(4)26-22(30)34-24(8,9)10/h17-18H,1-2,11-14H2,3-10H3,(H,25,29)(H,26,30)/t17-,18-/m0/s1. The smallest absolute Gasteiger partial charge is 0.408 e. The molecule has 0 bridgehead atoms. The van der Waals surface area contributed by atoms with Crippen LogP contribution in [0.5, 0.6) is 0 Å². The first-order valence-corrected chi connectivity index (χ1v) is 11.2. The van der Waals surface area contributed by atoms with E-state index in [1.807, 2.05) is 0 Å². The molecular formula is C24H40N2O8. The van der Waals surface area contributed by atoms with Crippen molar-refractivity contribution >= 4 is 24.1 Å². The molecule has 0 radical (unpaired) electrons. The molecule has 0 aromatic rings. The van der Waals surface area contributed by atoms with Gasteiger partial charge in [0.05, 0.1) is 0 Å². The molecule has 10 heteroatoms. The first-order chi connectivity index (χ1) is 15.4. The minimum Gasteiger partial charge on any atom is -0.444 e. The lowest BCUT2D eigenvalue weighted by Crippen LogP contribution is -2.42. The molecule has 0 saturated heterocycles. The highest BCUT2D eigenvalue weighted by molar-refractivity contribution is 5.82. The SMILES string of the molecule is C=C(CCCCC(=C)OC(=O)[C@H](C)NC(=O)OC(C)(C)C)OC(=O)[C@H](C)NC(=O)OC(C)(C)C. The van der Waals surface area contributed by atoms with Gasteiger partial charge in [0.2, 0.25) is 0 Å². The molecule has 0 spiro atoms. The van der Waals surface area contributed by atoms with Crippen molar-refractivity contribution in [2.75, 3.05) is 0 Å². The van der Waals surface area contributed by atoms with Crippen molar-refractivity contribution in [1.29, 1.82) is 0 Å². The van der Waals surface area contributed by atoms with Crippen molar-refractivity contribution in [2.24, 2.45) is 0 Å². The number of amides is 2. The Hall–Kier alpha value is -3.04. The van der Waals surface area contributed by atoms with Gasteiger partial charge in [-0.15, -0.1) is 0 Å². The van der Waals surface area contributed by atoms with E-state index in [1.165, 1.54) is 13.8 Å². The van der Waals surface area contributed by atoms with Crippen LogP contribution < -0.4 is 10.6 Å². The van der Waals surface area contributed by atoms with E-state index in [2.05, 4.69) is 23.8 Å². The average Bonchev–Trinajstić information content (AvgIpc) is 2.61. The van der Waals surface area contributed by atoms with E-state index >= 15 is 0 Å². The fraction of sp³-hybridized carbons (Fsp3) is 0.667. The summed E-state index contributed by atoms with van der Waals surface area (Å²) < 4.78 is 20.5. The molecule has 2 atom stereocenters. The van der Waals surface area contributed by atoms with Gasteiger partial charge >= 0.3 is 24.1 Å². The number of esters is 2. The molecule has 2 amide bonds. The highest BCUT2D eigenvalue weighted by Crippen LogP contribution is 2.14. The van der Waals surface area contributed by atoms with Gasteiger partial charge in [-0.3, -0.25) is 0 Å². The minimum atomic E-state index is -0.901. The summed E-state index contributed by atoms with van der Waals surface area (Å²) in [5.41, 5.74) is -1.36. The van der Waals surface area contributed by atoms with Gasteiger partial charge in [0.1, 0.15) is 34.8 Å². The van der Waals surface area contributed by atoms with Gasteiger partial charge in [0, 0.05) is 12.8 Å². The Morgan fingerprint density at radius 3 is 1.24 bits per heavy atom. The van der Waals surface area contributed by atoms with E-state index < -0.39 is 47.4 Å². The number of allylic oxidation sites excluding steroid dienone is 2. The van der Waals surface area contributed by atoms with Gasteiger partial charge in [-0.2, -0.15) is 0 Å². The van der Waals surface area contributed by atoms with Gasteiger partial charge in [-0.25, -0.2) is 19.2 Å². The number of carbonyl (C=O) groups is 4. The highest BCUT2D eigenvalue weighted by atomic mass is 16.6. The van der Waals surface area contributed by atoms with Crippen molar-refractivity contribution in [3.63, 3.8) is 0 Å². The maximum Gasteiger partial charge on any atom is 0.408 e.